The molecular formula is C21H17ClN2OS2. The maximum absolute atomic E-state index is 11.2. The number of hydrogen-bond acceptors (Lipinski definition) is 4. The molecule has 0 spiro atoms. The fraction of sp³-hybridized carbons (Fsp3) is 0.0952. The fourth-order valence-corrected chi connectivity index (χ4v) is 4.74. The third kappa shape index (κ3) is 3.82. The molecule has 0 radical (unpaired) electrons. The highest BCUT2D eigenvalue weighted by molar-refractivity contribution is 7.99. The van der Waals surface area contributed by atoms with Crippen LogP contribution in [-0.4, -0.2) is 14.9 Å². The van der Waals surface area contributed by atoms with Gasteiger partial charge in [0, 0.05) is 33.0 Å². The molecule has 0 aliphatic heterocycles. The van der Waals surface area contributed by atoms with E-state index in [1.807, 2.05) is 83.8 Å². The number of benzene rings is 2. The van der Waals surface area contributed by atoms with E-state index >= 15 is 0 Å². The lowest BCUT2D eigenvalue weighted by Crippen LogP contribution is -2.01. The molecule has 0 aliphatic rings. The van der Waals surface area contributed by atoms with E-state index in [9.17, 15) is 5.11 Å². The van der Waals surface area contributed by atoms with E-state index in [0.717, 1.165) is 31.6 Å². The van der Waals surface area contributed by atoms with Crippen molar-refractivity contribution >= 4 is 34.7 Å². The van der Waals surface area contributed by atoms with Crippen molar-refractivity contribution in [2.45, 2.75) is 16.0 Å². The Balaban J connectivity index is 1.84. The van der Waals surface area contributed by atoms with Crippen LogP contribution >= 0.6 is 34.7 Å². The summed E-state index contributed by atoms with van der Waals surface area (Å²) in [6, 6.07) is 21.6. The molecule has 136 valence electrons. The normalized spacial score (nSPS) is 12.3. The number of hydrogen-bond donors (Lipinski definition) is 1. The first-order chi connectivity index (χ1) is 13.1. The molecule has 0 unspecified atom stereocenters. The average molecular weight is 413 g/mol. The number of aliphatic hydroxyl groups excluding tert-OH is 1. The van der Waals surface area contributed by atoms with Gasteiger partial charge in [-0.05, 0) is 35.7 Å². The zero-order valence-corrected chi connectivity index (χ0v) is 16.9. The molecule has 0 saturated heterocycles. The van der Waals surface area contributed by atoms with Crippen LogP contribution in [0, 0.1) is 0 Å². The Kier molecular flexibility index (Phi) is 5.36. The van der Waals surface area contributed by atoms with Crippen LogP contribution in [0.5, 0.6) is 0 Å². The third-order valence-electron chi connectivity index (χ3n) is 4.19. The lowest BCUT2D eigenvalue weighted by atomic mass is 10.0. The number of aromatic nitrogens is 2. The van der Waals surface area contributed by atoms with Gasteiger partial charge >= 0.3 is 0 Å². The summed E-state index contributed by atoms with van der Waals surface area (Å²) in [5, 5.41) is 19.5. The van der Waals surface area contributed by atoms with Crippen molar-refractivity contribution in [3.8, 4) is 11.3 Å². The maximum atomic E-state index is 11.2. The highest BCUT2D eigenvalue weighted by Crippen LogP contribution is 2.41. The van der Waals surface area contributed by atoms with E-state index in [0.29, 0.717) is 5.02 Å². The SMILES string of the molecule is Cn1nc(-c2ccccc2)c([C@H](O)c2cccs2)c1Sc1ccc(Cl)cc1. The van der Waals surface area contributed by atoms with E-state index in [4.69, 9.17) is 16.7 Å². The van der Waals surface area contributed by atoms with E-state index in [1.54, 1.807) is 23.1 Å². The Morgan fingerprint density at radius 3 is 2.44 bits per heavy atom. The lowest BCUT2D eigenvalue weighted by Gasteiger charge is -2.13. The van der Waals surface area contributed by atoms with Crippen molar-refractivity contribution in [1.29, 1.82) is 0 Å². The summed E-state index contributed by atoms with van der Waals surface area (Å²) in [7, 11) is 1.91. The number of halogens is 1. The van der Waals surface area contributed by atoms with Crippen molar-refractivity contribution < 1.29 is 5.11 Å². The van der Waals surface area contributed by atoms with Gasteiger partial charge in [0.1, 0.15) is 11.1 Å². The van der Waals surface area contributed by atoms with E-state index < -0.39 is 6.10 Å². The molecule has 0 bridgehead atoms. The topological polar surface area (TPSA) is 38.0 Å². The molecule has 3 nitrogen and oxygen atoms in total. The van der Waals surface area contributed by atoms with Crippen LogP contribution in [0.25, 0.3) is 11.3 Å². The first-order valence-corrected chi connectivity index (χ1v) is 10.5. The molecule has 1 atom stereocenters. The molecule has 1 N–H and O–H groups in total. The third-order valence-corrected chi connectivity index (χ3v) is 6.55. The van der Waals surface area contributed by atoms with Gasteiger partial charge in [0.2, 0.25) is 0 Å². The second kappa shape index (κ2) is 7.90. The van der Waals surface area contributed by atoms with Crippen LogP contribution in [-0.2, 0) is 7.05 Å². The van der Waals surface area contributed by atoms with Crippen LogP contribution in [0.1, 0.15) is 16.5 Å². The monoisotopic (exact) mass is 412 g/mol. The zero-order chi connectivity index (χ0) is 18.8. The summed E-state index contributed by atoms with van der Waals surface area (Å²) in [4.78, 5) is 1.94. The zero-order valence-electron chi connectivity index (χ0n) is 14.5. The Labute approximate surface area is 171 Å². The minimum atomic E-state index is -0.733. The number of rotatable bonds is 5. The quantitative estimate of drug-likeness (QED) is 0.434. The lowest BCUT2D eigenvalue weighted by molar-refractivity contribution is 0.221. The van der Waals surface area contributed by atoms with Gasteiger partial charge in [-0.1, -0.05) is 59.8 Å². The number of thiophene rings is 1. The molecule has 4 rings (SSSR count). The average Bonchev–Trinajstić information content (AvgIpc) is 3.33. The van der Waals surface area contributed by atoms with Gasteiger partial charge in [0.25, 0.3) is 0 Å². The molecule has 4 aromatic rings. The number of aliphatic hydroxyl groups is 1. The molecule has 0 fully saturated rings. The predicted molar refractivity (Wildman–Crippen MR) is 113 cm³/mol. The van der Waals surface area contributed by atoms with Gasteiger partial charge in [-0.3, -0.25) is 4.68 Å². The Hall–Kier alpha value is -2.05. The van der Waals surface area contributed by atoms with Gasteiger partial charge in [0.05, 0.1) is 5.69 Å². The van der Waals surface area contributed by atoms with Crippen LogP contribution in [0.2, 0.25) is 5.02 Å². The Morgan fingerprint density at radius 1 is 1.04 bits per heavy atom. The minimum Gasteiger partial charge on any atom is -0.383 e. The second-order valence-electron chi connectivity index (χ2n) is 6.03. The molecule has 2 aromatic heterocycles. The molecular weight excluding hydrogens is 396 g/mol. The molecule has 0 amide bonds. The summed E-state index contributed by atoms with van der Waals surface area (Å²) in [6.45, 7) is 0. The highest BCUT2D eigenvalue weighted by atomic mass is 35.5. The van der Waals surface area contributed by atoms with Gasteiger partial charge in [-0.25, -0.2) is 0 Å². The van der Waals surface area contributed by atoms with Crippen LogP contribution in [0.3, 0.4) is 0 Å². The van der Waals surface area contributed by atoms with Crippen molar-refractivity contribution in [3.63, 3.8) is 0 Å². The van der Waals surface area contributed by atoms with Crippen molar-refractivity contribution in [3.05, 3.63) is 87.6 Å². The van der Waals surface area contributed by atoms with Gasteiger partial charge in [-0.2, -0.15) is 5.10 Å². The summed E-state index contributed by atoms with van der Waals surface area (Å²) in [5.74, 6) is 0. The molecule has 0 saturated carbocycles. The summed E-state index contributed by atoms with van der Waals surface area (Å²) in [6.07, 6.45) is -0.733. The molecule has 6 heteroatoms. The van der Waals surface area contributed by atoms with E-state index in [1.165, 1.54) is 0 Å². The van der Waals surface area contributed by atoms with Crippen LogP contribution < -0.4 is 0 Å². The smallest absolute Gasteiger partial charge is 0.118 e. The van der Waals surface area contributed by atoms with Crippen molar-refractivity contribution in [1.82, 2.24) is 9.78 Å². The maximum Gasteiger partial charge on any atom is 0.118 e. The fourth-order valence-electron chi connectivity index (χ4n) is 2.91. The first-order valence-electron chi connectivity index (χ1n) is 8.40. The standard InChI is InChI=1S/C21H17ClN2OS2/c1-24-21(27-16-11-9-15(22)10-12-16)18(20(25)17-8-5-13-26-17)19(23-24)14-6-3-2-4-7-14/h2-13,20,25H,1H3/t20-/m1/s1. The van der Waals surface area contributed by atoms with Crippen molar-refractivity contribution in [2.24, 2.45) is 7.05 Å². The summed E-state index contributed by atoms with van der Waals surface area (Å²) in [5.41, 5.74) is 2.61. The van der Waals surface area contributed by atoms with Crippen molar-refractivity contribution in [2.75, 3.05) is 0 Å². The van der Waals surface area contributed by atoms with Gasteiger partial charge in [-0.15, -0.1) is 11.3 Å². The summed E-state index contributed by atoms with van der Waals surface area (Å²) < 4.78 is 1.84. The predicted octanol–water partition coefficient (Wildman–Crippen LogP) is 6.03. The van der Waals surface area contributed by atoms with Gasteiger partial charge < -0.3 is 5.11 Å². The van der Waals surface area contributed by atoms with Crippen LogP contribution in [0.15, 0.2) is 82.0 Å². The molecule has 0 aliphatic carbocycles. The highest BCUT2D eigenvalue weighted by Gasteiger charge is 2.26. The second-order valence-corrected chi connectivity index (χ2v) is 8.51. The molecule has 2 aromatic carbocycles. The molecule has 2 heterocycles. The van der Waals surface area contributed by atoms with Gasteiger partial charge in [0.15, 0.2) is 0 Å². The van der Waals surface area contributed by atoms with Crippen LogP contribution in [0.4, 0.5) is 0 Å². The Morgan fingerprint density at radius 2 is 1.78 bits per heavy atom. The molecule has 27 heavy (non-hydrogen) atoms. The number of nitrogens with zero attached hydrogens (tertiary/aromatic N) is 2. The summed E-state index contributed by atoms with van der Waals surface area (Å²) >= 11 is 9.13. The largest absolute Gasteiger partial charge is 0.383 e. The number of aryl methyl sites for hydroxylation is 1. The minimum absolute atomic E-state index is 0.702. The first kappa shape index (κ1) is 18.3. The van der Waals surface area contributed by atoms with E-state index in [2.05, 4.69) is 0 Å². The Bertz CT molecular complexity index is 1030. The van der Waals surface area contributed by atoms with E-state index in [-0.39, 0.29) is 0 Å².